The molecule has 2 aromatic rings. The van der Waals surface area contributed by atoms with Gasteiger partial charge in [0.1, 0.15) is 0 Å². The van der Waals surface area contributed by atoms with Gasteiger partial charge in [0.25, 0.3) is 0 Å². The van der Waals surface area contributed by atoms with Crippen LogP contribution in [0.3, 0.4) is 0 Å². The van der Waals surface area contributed by atoms with E-state index in [1.165, 1.54) is 11.1 Å². The number of halogens is 1. The van der Waals surface area contributed by atoms with E-state index in [1.807, 2.05) is 18.5 Å². The molecular formula is C13H15ClN2. The van der Waals surface area contributed by atoms with Crippen LogP contribution in [0.25, 0.3) is 5.69 Å². The Morgan fingerprint density at radius 3 is 2.06 bits per heavy atom. The molecule has 0 fully saturated rings. The quantitative estimate of drug-likeness (QED) is 0.735. The molecule has 0 spiro atoms. The summed E-state index contributed by atoms with van der Waals surface area (Å²) in [5.41, 5.74) is 5.43. The minimum absolute atomic E-state index is 0.752. The lowest BCUT2D eigenvalue weighted by Gasteiger charge is -2.11. The molecule has 2 rings (SSSR count). The average Bonchev–Trinajstić information content (AvgIpc) is 2.47. The molecule has 1 heterocycles. The maximum atomic E-state index is 6.17. The summed E-state index contributed by atoms with van der Waals surface area (Å²) in [7, 11) is 0. The van der Waals surface area contributed by atoms with Crippen molar-refractivity contribution in [3.05, 3.63) is 45.7 Å². The molecule has 1 aromatic carbocycles. The van der Waals surface area contributed by atoms with Crippen LogP contribution in [0.1, 0.15) is 22.5 Å². The first-order chi connectivity index (χ1) is 7.52. The van der Waals surface area contributed by atoms with E-state index in [2.05, 4.69) is 37.1 Å². The zero-order valence-corrected chi connectivity index (χ0v) is 10.8. The van der Waals surface area contributed by atoms with Crippen molar-refractivity contribution >= 4 is 11.6 Å². The van der Waals surface area contributed by atoms with Crippen molar-refractivity contribution in [2.24, 2.45) is 0 Å². The van der Waals surface area contributed by atoms with E-state index in [-0.39, 0.29) is 0 Å². The Hall–Kier alpha value is -1.28. The Bertz CT molecular complexity index is 521. The van der Waals surface area contributed by atoms with Gasteiger partial charge in [-0.2, -0.15) is 5.10 Å². The first kappa shape index (κ1) is 11.2. The fourth-order valence-corrected chi connectivity index (χ4v) is 2.10. The van der Waals surface area contributed by atoms with Gasteiger partial charge in [0.2, 0.25) is 0 Å². The fourth-order valence-electron chi connectivity index (χ4n) is 1.98. The molecule has 0 amide bonds. The number of aryl methyl sites for hydroxylation is 3. The van der Waals surface area contributed by atoms with Crippen LogP contribution in [-0.2, 0) is 0 Å². The molecule has 84 valence electrons. The van der Waals surface area contributed by atoms with Crippen molar-refractivity contribution in [3.63, 3.8) is 0 Å². The number of hydrogen-bond donors (Lipinski definition) is 0. The number of hydrogen-bond acceptors (Lipinski definition) is 1. The largest absolute Gasteiger partial charge is 0.236 e. The van der Waals surface area contributed by atoms with E-state index < -0.39 is 0 Å². The number of rotatable bonds is 1. The summed E-state index contributed by atoms with van der Waals surface area (Å²) in [4.78, 5) is 0. The van der Waals surface area contributed by atoms with Crippen molar-refractivity contribution in [2.45, 2.75) is 27.7 Å². The number of aromatic nitrogens is 2. The van der Waals surface area contributed by atoms with Gasteiger partial charge in [0, 0.05) is 0 Å². The topological polar surface area (TPSA) is 17.8 Å². The monoisotopic (exact) mass is 234 g/mol. The van der Waals surface area contributed by atoms with Crippen molar-refractivity contribution in [3.8, 4) is 5.69 Å². The molecule has 0 unspecified atom stereocenters. The second-order valence-corrected chi connectivity index (χ2v) is 4.51. The van der Waals surface area contributed by atoms with Gasteiger partial charge < -0.3 is 0 Å². The van der Waals surface area contributed by atoms with E-state index in [0.29, 0.717) is 0 Å². The summed E-state index contributed by atoms with van der Waals surface area (Å²) in [5.74, 6) is 0. The Morgan fingerprint density at radius 1 is 1.06 bits per heavy atom. The molecule has 0 bridgehead atoms. The van der Waals surface area contributed by atoms with Gasteiger partial charge in [-0.1, -0.05) is 29.8 Å². The summed E-state index contributed by atoms with van der Waals surface area (Å²) in [5, 5.41) is 5.24. The van der Waals surface area contributed by atoms with Crippen LogP contribution in [-0.4, -0.2) is 9.78 Å². The smallest absolute Gasteiger partial charge is 0.0848 e. The van der Waals surface area contributed by atoms with Crippen LogP contribution >= 0.6 is 11.6 Å². The minimum Gasteiger partial charge on any atom is -0.236 e. The highest BCUT2D eigenvalue weighted by Gasteiger charge is 2.13. The third-order valence-corrected chi connectivity index (χ3v) is 3.40. The van der Waals surface area contributed by atoms with Gasteiger partial charge in [-0.3, -0.25) is 0 Å². The normalized spacial score (nSPS) is 10.8. The van der Waals surface area contributed by atoms with E-state index in [4.69, 9.17) is 11.6 Å². The number of para-hydroxylation sites is 1. The summed E-state index contributed by atoms with van der Waals surface area (Å²) in [6.07, 6.45) is 0. The lowest BCUT2D eigenvalue weighted by atomic mass is 10.1. The highest BCUT2D eigenvalue weighted by molar-refractivity contribution is 6.31. The Kier molecular flexibility index (Phi) is 2.76. The molecule has 0 saturated carbocycles. The van der Waals surface area contributed by atoms with Crippen molar-refractivity contribution < 1.29 is 0 Å². The van der Waals surface area contributed by atoms with Gasteiger partial charge in [-0.05, 0) is 38.8 Å². The first-order valence-electron chi connectivity index (χ1n) is 5.30. The van der Waals surface area contributed by atoms with Crippen LogP contribution in [0.2, 0.25) is 5.02 Å². The minimum atomic E-state index is 0.752. The lowest BCUT2D eigenvalue weighted by Crippen LogP contribution is -2.03. The zero-order valence-electron chi connectivity index (χ0n) is 10.0. The number of nitrogens with zero attached hydrogens (tertiary/aromatic N) is 2. The van der Waals surface area contributed by atoms with Gasteiger partial charge in [0.05, 0.1) is 22.1 Å². The maximum Gasteiger partial charge on any atom is 0.0848 e. The third kappa shape index (κ3) is 1.63. The molecular weight excluding hydrogens is 220 g/mol. The SMILES string of the molecule is Cc1cccc(C)c1-n1nc(C)c(Cl)c1C. The molecule has 2 nitrogen and oxygen atoms in total. The van der Waals surface area contributed by atoms with Crippen molar-refractivity contribution in [1.29, 1.82) is 0 Å². The van der Waals surface area contributed by atoms with Crippen molar-refractivity contribution in [2.75, 3.05) is 0 Å². The van der Waals surface area contributed by atoms with Crippen LogP contribution in [0.15, 0.2) is 18.2 Å². The third-order valence-electron chi connectivity index (χ3n) is 2.85. The van der Waals surface area contributed by atoms with Crippen LogP contribution < -0.4 is 0 Å². The zero-order chi connectivity index (χ0) is 11.9. The Morgan fingerprint density at radius 2 is 1.62 bits per heavy atom. The predicted octanol–water partition coefficient (Wildman–Crippen LogP) is 3.76. The average molecular weight is 235 g/mol. The molecule has 0 aliphatic rings. The Labute approximate surface area is 101 Å². The lowest BCUT2D eigenvalue weighted by molar-refractivity contribution is 0.821. The molecule has 0 aliphatic carbocycles. The summed E-state index contributed by atoms with van der Waals surface area (Å²) >= 11 is 6.17. The Balaban J connectivity index is 2.72. The highest BCUT2D eigenvalue weighted by Crippen LogP contribution is 2.25. The molecule has 0 radical (unpaired) electrons. The molecule has 0 saturated heterocycles. The fraction of sp³-hybridized carbons (Fsp3) is 0.308. The molecule has 0 N–H and O–H groups in total. The van der Waals surface area contributed by atoms with E-state index in [1.54, 1.807) is 0 Å². The summed E-state index contributed by atoms with van der Waals surface area (Å²) < 4.78 is 1.93. The summed E-state index contributed by atoms with van der Waals surface area (Å²) in [6.45, 7) is 8.10. The molecule has 1 aromatic heterocycles. The predicted molar refractivity (Wildman–Crippen MR) is 67.5 cm³/mol. The van der Waals surface area contributed by atoms with Crippen LogP contribution in [0, 0.1) is 27.7 Å². The van der Waals surface area contributed by atoms with Crippen molar-refractivity contribution in [1.82, 2.24) is 9.78 Å². The maximum absolute atomic E-state index is 6.17. The van der Waals surface area contributed by atoms with Gasteiger partial charge >= 0.3 is 0 Å². The van der Waals surface area contributed by atoms with E-state index >= 15 is 0 Å². The molecule has 16 heavy (non-hydrogen) atoms. The molecule has 0 aliphatic heterocycles. The second-order valence-electron chi connectivity index (χ2n) is 4.14. The number of benzene rings is 1. The first-order valence-corrected chi connectivity index (χ1v) is 5.68. The summed E-state index contributed by atoms with van der Waals surface area (Å²) in [6, 6.07) is 6.24. The van der Waals surface area contributed by atoms with E-state index in [0.717, 1.165) is 22.1 Å². The molecule has 3 heteroatoms. The van der Waals surface area contributed by atoms with Crippen LogP contribution in [0.5, 0.6) is 0 Å². The highest BCUT2D eigenvalue weighted by atomic mass is 35.5. The molecule has 0 atom stereocenters. The van der Waals surface area contributed by atoms with Crippen LogP contribution in [0.4, 0.5) is 0 Å². The standard InChI is InChI=1S/C13H15ClN2/c1-8-6-5-7-9(2)13(8)16-11(4)12(14)10(3)15-16/h5-7H,1-4H3. The van der Waals surface area contributed by atoms with Gasteiger partial charge in [-0.25, -0.2) is 4.68 Å². The van der Waals surface area contributed by atoms with E-state index in [9.17, 15) is 0 Å². The second kappa shape index (κ2) is 3.95. The van der Waals surface area contributed by atoms with Gasteiger partial charge in [-0.15, -0.1) is 0 Å². The van der Waals surface area contributed by atoms with Gasteiger partial charge in [0.15, 0.2) is 0 Å².